The molecule has 0 bridgehead atoms. The second-order valence-corrected chi connectivity index (χ2v) is 11.5. The summed E-state index contributed by atoms with van der Waals surface area (Å²) in [4.78, 5) is 13.4. The number of aliphatic hydroxyl groups excluding tert-OH is 2. The van der Waals surface area contributed by atoms with Crippen LogP contribution in [0.2, 0.25) is 10.0 Å². The predicted octanol–water partition coefficient (Wildman–Crippen LogP) is 3.85. The van der Waals surface area contributed by atoms with Crippen molar-refractivity contribution in [2.24, 2.45) is 11.1 Å². The number of hydrogen-bond acceptors (Lipinski definition) is 5. The van der Waals surface area contributed by atoms with Gasteiger partial charge in [0.05, 0.1) is 24.3 Å². The van der Waals surface area contributed by atoms with Crippen LogP contribution in [0.3, 0.4) is 0 Å². The van der Waals surface area contributed by atoms with E-state index in [1.54, 1.807) is 0 Å². The van der Waals surface area contributed by atoms with Crippen molar-refractivity contribution in [3.63, 3.8) is 0 Å². The first kappa shape index (κ1) is 28.8. The Hall–Kier alpha value is -1.81. The number of benzene rings is 2. The Morgan fingerprint density at radius 1 is 1.17 bits per heavy atom. The molecule has 0 radical (unpaired) electrons. The lowest BCUT2D eigenvalue weighted by Crippen LogP contribution is -2.52. The van der Waals surface area contributed by atoms with Crippen molar-refractivity contribution in [1.82, 2.24) is 10.6 Å². The molecule has 2 aromatic rings. The number of carbonyl (C=O) groups is 1. The average molecular weight is 544 g/mol. The van der Waals surface area contributed by atoms with Gasteiger partial charge in [0, 0.05) is 34.1 Å². The minimum absolute atomic E-state index is 0.0697. The molecule has 0 spiro atoms. The van der Waals surface area contributed by atoms with Crippen molar-refractivity contribution in [3.05, 3.63) is 69.2 Å². The first-order chi connectivity index (χ1) is 16.8. The molecule has 2 aromatic carbocycles. The van der Waals surface area contributed by atoms with Gasteiger partial charge in [-0.1, -0.05) is 50.0 Å². The molecule has 10 heteroatoms. The molecule has 198 valence electrons. The van der Waals surface area contributed by atoms with Crippen LogP contribution in [-0.4, -0.2) is 47.5 Å². The van der Waals surface area contributed by atoms with Gasteiger partial charge in [-0.25, -0.2) is 8.78 Å². The summed E-state index contributed by atoms with van der Waals surface area (Å²) < 4.78 is 30.7. The standard InChI is InChI=1S/C26H33Cl2F2N3O3/c1-25(2,3)12-21-26(31,18-6-4-15(28)11-20(18)30)22(17-10-14(27)5-7-19(17)29)23(33-21)24(36)32-9-8-16(35)13-34/h4-7,10-11,16,21-23,33-35H,8-9,12-13,31H2,1-3H3,(H,32,36). The lowest BCUT2D eigenvalue weighted by atomic mass is 9.68. The fourth-order valence-electron chi connectivity index (χ4n) is 4.96. The fraction of sp³-hybridized carbons (Fsp3) is 0.500. The molecule has 1 fully saturated rings. The van der Waals surface area contributed by atoms with E-state index in [1.807, 2.05) is 20.8 Å². The highest BCUT2D eigenvalue weighted by atomic mass is 35.5. The Bertz CT molecular complexity index is 1100. The topological polar surface area (TPSA) is 108 Å². The third-order valence-corrected chi connectivity index (χ3v) is 7.05. The van der Waals surface area contributed by atoms with Crippen molar-refractivity contribution >= 4 is 29.1 Å². The zero-order valence-corrected chi connectivity index (χ0v) is 22.0. The Morgan fingerprint density at radius 2 is 1.81 bits per heavy atom. The molecule has 0 aliphatic carbocycles. The summed E-state index contributed by atoms with van der Waals surface area (Å²) in [5, 5.41) is 25.1. The van der Waals surface area contributed by atoms with Crippen molar-refractivity contribution in [2.45, 2.75) is 63.3 Å². The van der Waals surface area contributed by atoms with Crippen LogP contribution in [0.15, 0.2) is 36.4 Å². The van der Waals surface area contributed by atoms with Gasteiger partial charge in [-0.15, -0.1) is 0 Å². The summed E-state index contributed by atoms with van der Waals surface area (Å²) in [7, 11) is 0. The Kier molecular flexibility index (Phi) is 9.02. The molecule has 0 aromatic heterocycles. The number of carbonyl (C=O) groups excluding carboxylic acids is 1. The predicted molar refractivity (Wildman–Crippen MR) is 137 cm³/mol. The fourth-order valence-corrected chi connectivity index (χ4v) is 5.30. The number of nitrogens with two attached hydrogens (primary N) is 1. The van der Waals surface area contributed by atoms with Crippen molar-refractivity contribution in [3.8, 4) is 0 Å². The zero-order chi connectivity index (χ0) is 26.8. The first-order valence-electron chi connectivity index (χ1n) is 11.8. The number of halogens is 4. The summed E-state index contributed by atoms with van der Waals surface area (Å²) in [5.41, 5.74) is 5.45. The van der Waals surface area contributed by atoms with Gasteiger partial charge >= 0.3 is 0 Å². The largest absolute Gasteiger partial charge is 0.394 e. The molecule has 6 nitrogen and oxygen atoms in total. The first-order valence-corrected chi connectivity index (χ1v) is 12.6. The van der Waals surface area contributed by atoms with Crippen molar-refractivity contribution in [2.75, 3.05) is 13.2 Å². The van der Waals surface area contributed by atoms with Gasteiger partial charge in [0.2, 0.25) is 5.91 Å². The van der Waals surface area contributed by atoms with Crippen LogP contribution < -0.4 is 16.4 Å². The van der Waals surface area contributed by atoms with Crippen LogP contribution in [0.4, 0.5) is 8.78 Å². The van der Waals surface area contributed by atoms with Crippen LogP contribution in [0.25, 0.3) is 0 Å². The second-order valence-electron chi connectivity index (χ2n) is 10.6. The van der Waals surface area contributed by atoms with Crippen LogP contribution in [-0.2, 0) is 10.3 Å². The maximum absolute atomic E-state index is 15.4. The highest BCUT2D eigenvalue weighted by molar-refractivity contribution is 6.30. The van der Waals surface area contributed by atoms with E-state index in [0.717, 1.165) is 6.07 Å². The van der Waals surface area contributed by atoms with Gasteiger partial charge in [-0.05, 0) is 54.2 Å². The van der Waals surface area contributed by atoms with E-state index >= 15 is 8.78 Å². The van der Waals surface area contributed by atoms with E-state index in [4.69, 9.17) is 34.0 Å². The monoisotopic (exact) mass is 543 g/mol. The number of amides is 1. The van der Waals surface area contributed by atoms with Crippen LogP contribution in [0, 0.1) is 17.0 Å². The third kappa shape index (κ3) is 6.18. The molecule has 5 atom stereocenters. The molecule has 1 aliphatic heterocycles. The smallest absolute Gasteiger partial charge is 0.237 e. The van der Waals surface area contributed by atoms with Gasteiger partial charge in [0.15, 0.2) is 0 Å². The molecule has 36 heavy (non-hydrogen) atoms. The van der Waals surface area contributed by atoms with E-state index in [2.05, 4.69) is 10.6 Å². The summed E-state index contributed by atoms with van der Waals surface area (Å²) >= 11 is 12.2. The Morgan fingerprint density at radius 3 is 2.42 bits per heavy atom. The SMILES string of the molecule is CC(C)(C)CC1NC(C(=O)NCCC(O)CO)C(c2cc(Cl)ccc2F)C1(N)c1ccc(Cl)cc1F. The van der Waals surface area contributed by atoms with Crippen LogP contribution in [0.5, 0.6) is 0 Å². The normalized spacial score (nSPS) is 25.1. The highest BCUT2D eigenvalue weighted by Crippen LogP contribution is 2.49. The molecule has 6 N–H and O–H groups in total. The Labute approximate surface area is 220 Å². The number of nitrogens with one attached hydrogen (secondary N) is 2. The minimum atomic E-state index is -1.56. The molecule has 1 amide bonds. The molecule has 3 rings (SSSR count). The summed E-state index contributed by atoms with van der Waals surface area (Å²) in [6.45, 7) is 5.60. The lowest BCUT2D eigenvalue weighted by Gasteiger charge is -2.40. The molecule has 0 saturated carbocycles. The van der Waals surface area contributed by atoms with Gasteiger partial charge in [0.1, 0.15) is 11.6 Å². The molecule has 1 aliphatic rings. The maximum atomic E-state index is 15.4. The van der Waals surface area contributed by atoms with Crippen LogP contribution in [0.1, 0.15) is 50.7 Å². The van der Waals surface area contributed by atoms with E-state index in [1.165, 1.54) is 30.3 Å². The molecular weight excluding hydrogens is 511 g/mol. The minimum Gasteiger partial charge on any atom is -0.394 e. The van der Waals surface area contributed by atoms with E-state index in [-0.39, 0.29) is 39.6 Å². The highest BCUT2D eigenvalue weighted by Gasteiger charge is 2.58. The zero-order valence-electron chi connectivity index (χ0n) is 20.5. The summed E-state index contributed by atoms with van der Waals surface area (Å²) in [6, 6.07) is 6.46. The van der Waals surface area contributed by atoms with E-state index in [9.17, 15) is 9.90 Å². The maximum Gasteiger partial charge on any atom is 0.237 e. The summed E-state index contributed by atoms with van der Waals surface area (Å²) in [5.74, 6) is -2.82. The quantitative estimate of drug-likeness (QED) is 0.347. The molecular formula is C26H33Cl2F2N3O3. The lowest BCUT2D eigenvalue weighted by molar-refractivity contribution is -0.123. The third-order valence-electron chi connectivity index (χ3n) is 6.58. The van der Waals surface area contributed by atoms with Gasteiger partial charge in [-0.2, -0.15) is 0 Å². The number of rotatable bonds is 8. The van der Waals surface area contributed by atoms with E-state index < -0.39 is 53.8 Å². The van der Waals surface area contributed by atoms with Crippen LogP contribution >= 0.6 is 23.2 Å². The van der Waals surface area contributed by atoms with Gasteiger partial charge in [-0.3, -0.25) is 4.79 Å². The molecule has 5 unspecified atom stereocenters. The summed E-state index contributed by atoms with van der Waals surface area (Å²) in [6.07, 6.45) is -0.429. The Balaban J connectivity index is 2.17. The number of aliphatic hydroxyl groups is 2. The van der Waals surface area contributed by atoms with Gasteiger partial charge < -0.3 is 26.6 Å². The number of hydrogen-bond donors (Lipinski definition) is 5. The average Bonchev–Trinajstić information content (AvgIpc) is 3.06. The van der Waals surface area contributed by atoms with Gasteiger partial charge in [0.25, 0.3) is 0 Å². The van der Waals surface area contributed by atoms with Crippen molar-refractivity contribution in [1.29, 1.82) is 0 Å². The second kappa shape index (κ2) is 11.3. The molecule has 1 saturated heterocycles. The van der Waals surface area contributed by atoms with Crippen molar-refractivity contribution < 1.29 is 23.8 Å². The van der Waals surface area contributed by atoms with E-state index in [0.29, 0.717) is 6.42 Å². The molecule has 1 heterocycles.